The minimum atomic E-state index is 0.0387. The van der Waals surface area contributed by atoms with Crippen LogP contribution in [-0.2, 0) is 11.2 Å². The van der Waals surface area contributed by atoms with Crippen molar-refractivity contribution in [2.45, 2.75) is 52.5 Å². The third-order valence-electron chi connectivity index (χ3n) is 6.07. The molecule has 0 radical (unpaired) electrons. The second-order valence-electron chi connectivity index (χ2n) is 8.35. The minimum absolute atomic E-state index is 0.0387. The molecule has 0 unspecified atom stereocenters. The predicted molar refractivity (Wildman–Crippen MR) is 125 cm³/mol. The molecule has 0 saturated carbocycles. The van der Waals surface area contributed by atoms with Crippen LogP contribution in [0, 0.1) is 13.8 Å². The number of hydrogen-bond acceptors (Lipinski definition) is 4. The van der Waals surface area contributed by atoms with E-state index in [1.165, 1.54) is 5.56 Å². The average molecular weight is 439 g/mol. The molecule has 0 spiro atoms. The molecule has 2 aromatic carbocycles. The SMILES string of the molecule is CCOc1ccc(CCC(=O)NC2CCN(C(=O)c3ccc(C)c(C)c3)CC2)cc1OC. The number of likely N-dealkylation sites (tertiary alicyclic amines) is 1. The van der Waals surface area contributed by atoms with Gasteiger partial charge in [0.15, 0.2) is 11.5 Å². The van der Waals surface area contributed by atoms with Gasteiger partial charge < -0.3 is 19.7 Å². The third kappa shape index (κ3) is 6.02. The van der Waals surface area contributed by atoms with Gasteiger partial charge in [-0.25, -0.2) is 0 Å². The molecule has 1 aliphatic heterocycles. The van der Waals surface area contributed by atoms with Crippen LogP contribution in [0.2, 0.25) is 0 Å². The highest BCUT2D eigenvalue weighted by Crippen LogP contribution is 2.28. The number of carbonyl (C=O) groups is 2. The van der Waals surface area contributed by atoms with E-state index in [-0.39, 0.29) is 17.9 Å². The first-order chi connectivity index (χ1) is 15.4. The van der Waals surface area contributed by atoms with Crippen molar-refractivity contribution in [2.24, 2.45) is 0 Å². The number of hydrogen-bond donors (Lipinski definition) is 1. The summed E-state index contributed by atoms with van der Waals surface area (Å²) in [6.07, 6.45) is 2.61. The van der Waals surface area contributed by atoms with Gasteiger partial charge in [0.2, 0.25) is 5.91 Å². The lowest BCUT2D eigenvalue weighted by molar-refractivity contribution is -0.122. The van der Waals surface area contributed by atoms with Crippen LogP contribution in [0.1, 0.15) is 53.2 Å². The number of amides is 2. The summed E-state index contributed by atoms with van der Waals surface area (Å²) in [4.78, 5) is 27.1. The monoisotopic (exact) mass is 438 g/mol. The number of ether oxygens (including phenoxy) is 2. The molecule has 0 bridgehead atoms. The van der Waals surface area contributed by atoms with Gasteiger partial charge in [0, 0.05) is 31.1 Å². The lowest BCUT2D eigenvalue weighted by Gasteiger charge is -2.32. The Balaban J connectivity index is 1.45. The van der Waals surface area contributed by atoms with Crippen LogP contribution >= 0.6 is 0 Å². The fraction of sp³-hybridized carbons (Fsp3) is 0.462. The van der Waals surface area contributed by atoms with Crippen LogP contribution in [0.5, 0.6) is 11.5 Å². The highest BCUT2D eigenvalue weighted by atomic mass is 16.5. The summed E-state index contributed by atoms with van der Waals surface area (Å²) in [6.45, 7) is 7.90. The highest BCUT2D eigenvalue weighted by Gasteiger charge is 2.24. The standard InChI is InChI=1S/C26H34N2O4/c1-5-32-23-10-7-20(17-24(23)31-4)8-11-25(29)27-22-12-14-28(15-13-22)26(30)21-9-6-18(2)19(3)16-21/h6-7,9-10,16-17,22H,5,8,11-15H2,1-4H3,(H,27,29). The number of piperidine rings is 1. The normalized spacial score (nSPS) is 14.2. The largest absolute Gasteiger partial charge is 0.493 e. The van der Waals surface area contributed by atoms with E-state index < -0.39 is 0 Å². The Morgan fingerprint density at radius 2 is 1.78 bits per heavy atom. The van der Waals surface area contributed by atoms with Crippen molar-refractivity contribution in [3.63, 3.8) is 0 Å². The predicted octanol–water partition coefficient (Wildman–Crippen LogP) is 4.06. The molecule has 1 aliphatic rings. The summed E-state index contributed by atoms with van der Waals surface area (Å²) in [5, 5.41) is 3.13. The van der Waals surface area contributed by atoms with Gasteiger partial charge in [0.25, 0.3) is 5.91 Å². The summed E-state index contributed by atoms with van der Waals surface area (Å²) >= 11 is 0. The molecule has 6 nitrogen and oxygen atoms in total. The number of nitrogens with zero attached hydrogens (tertiary/aromatic N) is 1. The maximum Gasteiger partial charge on any atom is 0.253 e. The number of benzene rings is 2. The summed E-state index contributed by atoms with van der Waals surface area (Å²) in [5.41, 5.74) is 4.09. The fourth-order valence-corrected chi connectivity index (χ4v) is 3.98. The number of nitrogens with one attached hydrogen (secondary N) is 1. The van der Waals surface area contributed by atoms with E-state index in [0.29, 0.717) is 44.0 Å². The summed E-state index contributed by atoms with van der Waals surface area (Å²) in [6, 6.07) is 11.7. The maximum atomic E-state index is 12.8. The highest BCUT2D eigenvalue weighted by molar-refractivity contribution is 5.94. The van der Waals surface area contributed by atoms with E-state index in [1.54, 1.807) is 7.11 Å². The van der Waals surface area contributed by atoms with Crippen molar-refractivity contribution in [1.29, 1.82) is 0 Å². The van der Waals surface area contributed by atoms with Crippen molar-refractivity contribution in [3.05, 3.63) is 58.7 Å². The molecule has 1 heterocycles. The lowest BCUT2D eigenvalue weighted by atomic mass is 10.0. The Labute approximate surface area is 190 Å². The zero-order valence-corrected chi connectivity index (χ0v) is 19.6. The number of aryl methyl sites for hydroxylation is 3. The van der Waals surface area contributed by atoms with Gasteiger partial charge in [-0.15, -0.1) is 0 Å². The Morgan fingerprint density at radius 3 is 2.44 bits per heavy atom. The van der Waals surface area contributed by atoms with Crippen molar-refractivity contribution in [3.8, 4) is 11.5 Å². The number of carbonyl (C=O) groups excluding carboxylic acids is 2. The Morgan fingerprint density at radius 1 is 1.03 bits per heavy atom. The Bertz CT molecular complexity index is 949. The first-order valence-electron chi connectivity index (χ1n) is 11.4. The van der Waals surface area contributed by atoms with Gasteiger partial charge >= 0.3 is 0 Å². The smallest absolute Gasteiger partial charge is 0.253 e. The van der Waals surface area contributed by atoms with Crippen LogP contribution in [0.4, 0.5) is 0 Å². The first-order valence-corrected chi connectivity index (χ1v) is 11.4. The molecule has 1 saturated heterocycles. The molecule has 1 fully saturated rings. The minimum Gasteiger partial charge on any atom is -0.493 e. The van der Waals surface area contributed by atoms with Gasteiger partial charge in [-0.05, 0) is 81.0 Å². The molecule has 0 aromatic heterocycles. The van der Waals surface area contributed by atoms with Gasteiger partial charge in [-0.3, -0.25) is 9.59 Å². The van der Waals surface area contributed by atoms with Crippen molar-refractivity contribution < 1.29 is 19.1 Å². The van der Waals surface area contributed by atoms with Crippen LogP contribution in [0.3, 0.4) is 0 Å². The maximum absolute atomic E-state index is 12.8. The second-order valence-corrected chi connectivity index (χ2v) is 8.35. The second kappa shape index (κ2) is 11.0. The van der Waals surface area contributed by atoms with Crippen LogP contribution in [0.15, 0.2) is 36.4 Å². The van der Waals surface area contributed by atoms with Gasteiger partial charge in [-0.1, -0.05) is 12.1 Å². The molecule has 2 amide bonds. The fourth-order valence-electron chi connectivity index (χ4n) is 3.98. The number of rotatable bonds is 8. The van der Waals surface area contributed by atoms with Crippen LogP contribution < -0.4 is 14.8 Å². The quantitative estimate of drug-likeness (QED) is 0.675. The Hall–Kier alpha value is -3.02. The summed E-state index contributed by atoms with van der Waals surface area (Å²) in [5.74, 6) is 1.51. The van der Waals surface area contributed by atoms with Gasteiger partial charge in [0.05, 0.1) is 13.7 Å². The molecule has 32 heavy (non-hydrogen) atoms. The molecule has 172 valence electrons. The molecular weight excluding hydrogens is 404 g/mol. The topological polar surface area (TPSA) is 67.9 Å². The summed E-state index contributed by atoms with van der Waals surface area (Å²) in [7, 11) is 1.62. The van der Waals surface area contributed by atoms with E-state index in [9.17, 15) is 9.59 Å². The number of methoxy groups -OCH3 is 1. The first kappa shape index (κ1) is 23.6. The van der Waals surface area contributed by atoms with Crippen molar-refractivity contribution in [2.75, 3.05) is 26.8 Å². The van der Waals surface area contributed by atoms with E-state index in [1.807, 2.05) is 62.1 Å². The van der Waals surface area contributed by atoms with E-state index in [2.05, 4.69) is 5.32 Å². The zero-order chi connectivity index (χ0) is 23.1. The average Bonchev–Trinajstić information content (AvgIpc) is 2.80. The molecular formula is C26H34N2O4. The van der Waals surface area contributed by atoms with Gasteiger partial charge in [-0.2, -0.15) is 0 Å². The molecule has 2 aromatic rings. The van der Waals surface area contributed by atoms with Crippen LogP contribution in [-0.4, -0.2) is 49.6 Å². The van der Waals surface area contributed by atoms with E-state index >= 15 is 0 Å². The molecule has 6 heteroatoms. The molecule has 0 atom stereocenters. The molecule has 0 aliphatic carbocycles. The third-order valence-corrected chi connectivity index (χ3v) is 6.07. The van der Waals surface area contributed by atoms with Gasteiger partial charge in [0.1, 0.15) is 0 Å². The lowest BCUT2D eigenvalue weighted by Crippen LogP contribution is -2.46. The van der Waals surface area contributed by atoms with Crippen molar-refractivity contribution in [1.82, 2.24) is 10.2 Å². The van der Waals surface area contributed by atoms with Crippen LogP contribution in [0.25, 0.3) is 0 Å². The van der Waals surface area contributed by atoms with Crippen molar-refractivity contribution >= 4 is 11.8 Å². The molecule has 3 rings (SSSR count). The summed E-state index contributed by atoms with van der Waals surface area (Å²) < 4.78 is 10.9. The Kier molecular flexibility index (Phi) is 8.14. The molecule has 1 N–H and O–H groups in total. The zero-order valence-electron chi connectivity index (χ0n) is 19.6. The van der Waals surface area contributed by atoms with E-state index in [4.69, 9.17) is 9.47 Å². The van der Waals surface area contributed by atoms with E-state index in [0.717, 1.165) is 29.5 Å².